The Balaban J connectivity index is 2.44. The van der Waals surface area contributed by atoms with Gasteiger partial charge in [-0.25, -0.2) is 0 Å². The van der Waals surface area contributed by atoms with Crippen molar-refractivity contribution in [1.82, 2.24) is 10.2 Å². The summed E-state index contributed by atoms with van der Waals surface area (Å²) in [4.78, 5) is 14.2. The molecule has 0 heterocycles. The summed E-state index contributed by atoms with van der Waals surface area (Å²) in [5.74, 6) is 1.16. The average molecular weight is 240 g/mol. The number of nitrogens with one attached hydrogen (secondary N) is 1. The van der Waals surface area contributed by atoms with E-state index in [0.29, 0.717) is 11.9 Å². The van der Waals surface area contributed by atoms with Crippen molar-refractivity contribution in [3.05, 3.63) is 0 Å². The lowest BCUT2D eigenvalue weighted by molar-refractivity contribution is -0.136. The molecular weight excluding hydrogens is 212 g/mol. The van der Waals surface area contributed by atoms with Crippen LogP contribution in [-0.2, 0) is 4.79 Å². The number of carbonyl (C=O) groups is 1. The van der Waals surface area contributed by atoms with Gasteiger partial charge in [0.1, 0.15) is 0 Å². The molecule has 0 spiro atoms. The van der Waals surface area contributed by atoms with Crippen molar-refractivity contribution in [1.29, 1.82) is 0 Å². The molecule has 1 amide bonds. The molecule has 0 radical (unpaired) electrons. The molecule has 1 N–H and O–H groups in total. The maximum atomic E-state index is 12.2. The highest BCUT2D eigenvalue weighted by Crippen LogP contribution is 2.27. The van der Waals surface area contributed by atoms with Crippen molar-refractivity contribution < 1.29 is 4.79 Å². The van der Waals surface area contributed by atoms with Gasteiger partial charge < -0.3 is 10.2 Å². The molecular formula is C14H28N2O. The summed E-state index contributed by atoms with van der Waals surface area (Å²) in [6.07, 6.45) is 4.95. The molecule has 3 nitrogen and oxygen atoms in total. The SMILES string of the molecule is CCNCC(C)C(=O)N(C)C1CCCC(C)C1. The summed E-state index contributed by atoms with van der Waals surface area (Å²) in [5.41, 5.74) is 0. The van der Waals surface area contributed by atoms with Gasteiger partial charge in [-0.1, -0.05) is 33.6 Å². The number of hydrogen-bond donors (Lipinski definition) is 1. The third-order valence-corrected chi connectivity index (χ3v) is 3.93. The van der Waals surface area contributed by atoms with Gasteiger partial charge in [0.15, 0.2) is 0 Å². The minimum atomic E-state index is 0.0946. The number of nitrogens with zero attached hydrogens (tertiary/aromatic N) is 1. The van der Waals surface area contributed by atoms with Crippen LogP contribution in [0.3, 0.4) is 0 Å². The molecule has 1 rings (SSSR count). The lowest BCUT2D eigenvalue weighted by atomic mass is 9.86. The van der Waals surface area contributed by atoms with Crippen LogP contribution in [0.2, 0.25) is 0 Å². The van der Waals surface area contributed by atoms with E-state index >= 15 is 0 Å². The van der Waals surface area contributed by atoms with Gasteiger partial charge in [-0.3, -0.25) is 4.79 Å². The number of carbonyl (C=O) groups excluding carboxylic acids is 1. The summed E-state index contributed by atoms with van der Waals surface area (Å²) in [5, 5.41) is 3.25. The minimum Gasteiger partial charge on any atom is -0.342 e. The highest BCUT2D eigenvalue weighted by Gasteiger charge is 2.27. The second-order valence-corrected chi connectivity index (χ2v) is 5.58. The van der Waals surface area contributed by atoms with Gasteiger partial charge in [-0.05, 0) is 25.3 Å². The molecule has 1 aliphatic carbocycles. The zero-order chi connectivity index (χ0) is 12.8. The summed E-state index contributed by atoms with van der Waals surface area (Å²) in [7, 11) is 1.98. The van der Waals surface area contributed by atoms with Crippen molar-refractivity contribution >= 4 is 5.91 Å². The first-order chi connectivity index (χ1) is 8.06. The average Bonchev–Trinajstić information content (AvgIpc) is 2.34. The highest BCUT2D eigenvalue weighted by molar-refractivity contribution is 5.78. The Kier molecular flexibility index (Phi) is 5.96. The van der Waals surface area contributed by atoms with Crippen LogP contribution in [0, 0.1) is 11.8 Å². The summed E-state index contributed by atoms with van der Waals surface area (Å²) >= 11 is 0. The van der Waals surface area contributed by atoms with Gasteiger partial charge in [-0.15, -0.1) is 0 Å². The molecule has 17 heavy (non-hydrogen) atoms. The maximum Gasteiger partial charge on any atom is 0.226 e. The van der Waals surface area contributed by atoms with E-state index < -0.39 is 0 Å². The van der Waals surface area contributed by atoms with Crippen LogP contribution < -0.4 is 5.32 Å². The van der Waals surface area contributed by atoms with E-state index in [1.807, 2.05) is 18.9 Å². The fourth-order valence-corrected chi connectivity index (χ4v) is 2.73. The van der Waals surface area contributed by atoms with Crippen molar-refractivity contribution in [2.75, 3.05) is 20.1 Å². The van der Waals surface area contributed by atoms with Crippen molar-refractivity contribution in [3.8, 4) is 0 Å². The van der Waals surface area contributed by atoms with Crippen molar-refractivity contribution in [2.24, 2.45) is 11.8 Å². The second-order valence-electron chi connectivity index (χ2n) is 5.58. The maximum absolute atomic E-state index is 12.2. The van der Waals surface area contributed by atoms with E-state index in [4.69, 9.17) is 0 Å². The van der Waals surface area contributed by atoms with Crippen LogP contribution in [0.15, 0.2) is 0 Å². The van der Waals surface area contributed by atoms with Crippen LogP contribution >= 0.6 is 0 Å². The first-order valence-electron chi connectivity index (χ1n) is 7.03. The van der Waals surface area contributed by atoms with Gasteiger partial charge in [0.2, 0.25) is 5.91 Å². The lowest BCUT2D eigenvalue weighted by Crippen LogP contribution is -2.44. The Bertz CT molecular complexity index is 242. The first kappa shape index (κ1) is 14.5. The monoisotopic (exact) mass is 240 g/mol. The topological polar surface area (TPSA) is 32.3 Å². The van der Waals surface area contributed by atoms with Gasteiger partial charge in [0.25, 0.3) is 0 Å². The molecule has 1 saturated carbocycles. The normalized spacial score (nSPS) is 26.6. The first-order valence-corrected chi connectivity index (χ1v) is 7.03. The second kappa shape index (κ2) is 7.00. The molecule has 1 fully saturated rings. The van der Waals surface area contributed by atoms with Crippen LogP contribution in [-0.4, -0.2) is 37.0 Å². The van der Waals surface area contributed by atoms with E-state index in [9.17, 15) is 4.79 Å². The van der Waals surface area contributed by atoms with E-state index in [1.165, 1.54) is 25.7 Å². The van der Waals surface area contributed by atoms with Gasteiger partial charge in [-0.2, -0.15) is 0 Å². The Morgan fingerprint density at radius 1 is 1.47 bits per heavy atom. The van der Waals surface area contributed by atoms with Gasteiger partial charge >= 0.3 is 0 Å². The zero-order valence-corrected chi connectivity index (χ0v) is 11.8. The molecule has 0 aromatic heterocycles. The van der Waals surface area contributed by atoms with Crippen LogP contribution in [0.5, 0.6) is 0 Å². The smallest absolute Gasteiger partial charge is 0.226 e. The van der Waals surface area contributed by atoms with E-state index in [2.05, 4.69) is 19.2 Å². The summed E-state index contributed by atoms with van der Waals surface area (Å²) in [6.45, 7) is 8.12. The molecule has 1 aliphatic rings. The Morgan fingerprint density at radius 3 is 2.76 bits per heavy atom. The standard InChI is InChI=1S/C14H28N2O/c1-5-15-10-12(3)14(17)16(4)13-8-6-7-11(2)9-13/h11-13,15H,5-10H2,1-4H3. The third-order valence-electron chi connectivity index (χ3n) is 3.93. The third kappa shape index (κ3) is 4.30. The Labute approximate surface area is 106 Å². The fourth-order valence-electron chi connectivity index (χ4n) is 2.73. The molecule has 100 valence electrons. The number of amides is 1. The Morgan fingerprint density at radius 2 is 2.18 bits per heavy atom. The fraction of sp³-hybridized carbons (Fsp3) is 0.929. The quantitative estimate of drug-likeness (QED) is 0.799. The molecule has 0 aromatic carbocycles. The van der Waals surface area contributed by atoms with E-state index in [0.717, 1.165) is 19.0 Å². The number of hydrogen-bond acceptors (Lipinski definition) is 2. The van der Waals surface area contributed by atoms with Crippen LogP contribution in [0.4, 0.5) is 0 Å². The molecule has 3 atom stereocenters. The van der Waals surface area contributed by atoms with Crippen molar-refractivity contribution in [3.63, 3.8) is 0 Å². The molecule has 0 saturated heterocycles. The molecule has 3 unspecified atom stereocenters. The largest absolute Gasteiger partial charge is 0.342 e. The lowest BCUT2D eigenvalue weighted by Gasteiger charge is -2.35. The predicted molar refractivity (Wildman–Crippen MR) is 71.9 cm³/mol. The molecule has 0 aliphatic heterocycles. The zero-order valence-electron chi connectivity index (χ0n) is 11.8. The summed E-state index contributed by atoms with van der Waals surface area (Å²) in [6, 6.07) is 0.468. The number of rotatable bonds is 5. The minimum absolute atomic E-state index is 0.0946. The van der Waals surface area contributed by atoms with E-state index in [1.54, 1.807) is 0 Å². The molecule has 0 aromatic rings. The molecule has 0 bridgehead atoms. The predicted octanol–water partition coefficient (Wildman–Crippen LogP) is 2.27. The summed E-state index contributed by atoms with van der Waals surface area (Å²) < 4.78 is 0. The van der Waals surface area contributed by atoms with Gasteiger partial charge in [0.05, 0.1) is 0 Å². The van der Waals surface area contributed by atoms with E-state index in [-0.39, 0.29) is 5.92 Å². The Hall–Kier alpha value is -0.570. The van der Waals surface area contributed by atoms with Crippen LogP contribution in [0.1, 0.15) is 46.5 Å². The molecule has 3 heteroatoms. The van der Waals surface area contributed by atoms with Crippen molar-refractivity contribution in [2.45, 2.75) is 52.5 Å². The highest BCUT2D eigenvalue weighted by atomic mass is 16.2. The van der Waals surface area contributed by atoms with Gasteiger partial charge in [0, 0.05) is 25.6 Å². The van der Waals surface area contributed by atoms with Crippen LogP contribution in [0.25, 0.3) is 0 Å².